The van der Waals surface area contributed by atoms with Gasteiger partial charge in [-0.25, -0.2) is 0 Å². The molecular weight excluding hydrogens is 644 g/mol. The van der Waals surface area contributed by atoms with Crippen molar-refractivity contribution in [1.29, 1.82) is 0 Å². The van der Waals surface area contributed by atoms with Gasteiger partial charge in [-0.15, -0.1) is 0 Å². The number of phenols is 1. The maximum atomic E-state index is 13.3. The molecular formula is C38H52CuN2O6. The molecule has 0 bridgehead atoms. The van der Waals surface area contributed by atoms with Crippen molar-refractivity contribution in [3.05, 3.63) is 92.5 Å². The van der Waals surface area contributed by atoms with Gasteiger partial charge in [0.1, 0.15) is 22.8 Å². The fourth-order valence-corrected chi connectivity index (χ4v) is 5.15. The second-order valence-corrected chi connectivity index (χ2v) is 14.0. The summed E-state index contributed by atoms with van der Waals surface area (Å²) in [6.07, 6.45) is 4.99. The van der Waals surface area contributed by atoms with Crippen LogP contribution in [0.25, 0.3) is 0 Å². The largest absolute Gasteiger partial charge is 0.507 e. The van der Waals surface area contributed by atoms with Gasteiger partial charge in [-0.1, -0.05) is 80.4 Å². The molecule has 0 saturated heterocycles. The van der Waals surface area contributed by atoms with E-state index in [1.165, 1.54) is 24.4 Å². The standard InChI is InChI=1S/C38H52N2O6.Cu/c1-10-12-20-45-34-18-14-28(36(4,5)6)23-31(34)38(42,26(3)39-25-27-22-30(40(43)44)16-17-33(27)41)32-24-29(37(7,8)9)15-19-35(32)46-21-13-11-2;/h14-19,22-26,41-42H,10-13,20-21H2,1-9H3;/t26-;/m0./s1. The summed E-state index contributed by atoms with van der Waals surface area (Å²) in [7, 11) is 0. The molecule has 3 aromatic rings. The number of non-ortho nitro benzene ring substituents is 1. The molecule has 9 heteroatoms. The van der Waals surface area contributed by atoms with Gasteiger partial charge in [0.25, 0.3) is 5.69 Å². The first kappa shape index (κ1) is 39.8. The Kier molecular flexibility index (Phi) is 14.1. The fourth-order valence-electron chi connectivity index (χ4n) is 5.15. The summed E-state index contributed by atoms with van der Waals surface area (Å²) in [5.74, 6) is 0.941. The summed E-state index contributed by atoms with van der Waals surface area (Å²) in [6, 6.07) is 14.8. The summed E-state index contributed by atoms with van der Waals surface area (Å²) in [5.41, 5.74) is 0.904. The zero-order chi connectivity index (χ0) is 34.3. The molecule has 0 aromatic heterocycles. The third-order valence-corrected chi connectivity index (χ3v) is 8.29. The molecule has 8 nitrogen and oxygen atoms in total. The number of nitro benzene ring substituents is 1. The van der Waals surface area contributed by atoms with Crippen LogP contribution in [0.1, 0.15) is 116 Å². The van der Waals surface area contributed by atoms with Crippen molar-refractivity contribution < 1.29 is 41.7 Å². The molecule has 47 heavy (non-hydrogen) atoms. The van der Waals surface area contributed by atoms with Crippen molar-refractivity contribution in [2.75, 3.05) is 13.2 Å². The predicted octanol–water partition coefficient (Wildman–Crippen LogP) is 8.99. The second-order valence-electron chi connectivity index (χ2n) is 14.0. The SMILES string of the molecule is CCCCOc1ccc(C(C)(C)C)cc1C(O)(c1cc(C(C)(C)C)ccc1OCCCC)[C@H](C)N=Cc1cc([N+](=O)[O-])ccc1O.[Cu]. The number of aliphatic imine (C=N–C) groups is 1. The Balaban J connectivity index is 0.00000768. The molecule has 0 amide bonds. The van der Waals surface area contributed by atoms with Gasteiger partial charge in [-0.3, -0.25) is 15.1 Å². The summed E-state index contributed by atoms with van der Waals surface area (Å²) in [4.78, 5) is 15.7. The Labute approximate surface area is 291 Å². The Hall–Kier alpha value is -3.39. The van der Waals surface area contributed by atoms with E-state index in [0.717, 1.165) is 36.8 Å². The maximum absolute atomic E-state index is 13.3. The van der Waals surface area contributed by atoms with Crippen molar-refractivity contribution in [3.8, 4) is 17.2 Å². The quantitative estimate of drug-likeness (QED) is 0.0572. The van der Waals surface area contributed by atoms with Crippen molar-refractivity contribution in [1.82, 2.24) is 0 Å². The maximum Gasteiger partial charge on any atom is 0.270 e. The van der Waals surface area contributed by atoms with Gasteiger partial charge >= 0.3 is 0 Å². The number of rotatable bonds is 14. The smallest absolute Gasteiger partial charge is 0.270 e. The molecule has 0 aliphatic heterocycles. The molecule has 0 aliphatic carbocycles. The number of aliphatic hydroxyl groups is 1. The van der Waals surface area contributed by atoms with Crippen LogP contribution in [-0.2, 0) is 33.5 Å². The van der Waals surface area contributed by atoms with Gasteiger partial charge in [0, 0.05) is 52.1 Å². The summed E-state index contributed by atoms with van der Waals surface area (Å²) in [5, 5.41) is 35.3. The van der Waals surface area contributed by atoms with E-state index in [1.807, 2.05) is 36.4 Å². The number of hydrogen-bond acceptors (Lipinski definition) is 7. The van der Waals surface area contributed by atoms with Crippen molar-refractivity contribution in [2.24, 2.45) is 4.99 Å². The van der Waals surface area contributed by atoms with Gasteiger partial charge in [-0.2, -0.15) is 0 Å². The van der Waals surface area contributed by atoms with E-state index >= 15 is 0 Å². The molecule has 0 heterocycles. The number of benzene rings is 3. The van der Waals surface area contributed by atoms with Gasteiger partial charge < -0.3 is 19.7 Å². The summed E-state index contributed by atoms with van der Waals surface area (Å²) < 4.78 is 12.7. The van der Waals surface area contributed by atoms with E-state index < -0.39 is 16.6 Å². The third kappa shape index (κ3) is 9.82. The van der Waals surface area contributed by atoms with Crippen LogP contribution in [0.5, 0.6) is 17.2 Å². The monoisotopic (exact) mass is 695 g/mol. The molecule has 261 valence electrons. The molecule has 0 unspecified atom stereocenters. The number of ether oxygens (including phenoxy) is 2. The normalized spacial score (nSPS) is 12.9. The van der Waals surface area contributed by atoms with Gasteiger partial charge in [0.2, 0.25) is 0 Å². The minimum absolute atomic E-state index is 0. The van der Waals surface area contributed by atoms with Crippen molar-refractivity contribution >= 4 is 11.9 Å². The molecule has 3 rings (SSSR count). The number of unbranched alkanes of at least 4 members (excludes halogenated alkanes) is 2. The van der Waals surface area contributed by atoms with Gasteiger partial charge in [0.05, 0.1) is 24.2 Å². The Morgan fingerprint density at radius 2 is 1.30 bits per heavy atom. The van der Waals surface area contributed by atoms with Crippen LogP contribution in [0.15, 0.2) is 59.6 Å². The molecule has 2 N–H and O–H groups in total. The van der Waals surface area contributed by atoms with Gasteiger partial charge in [0.15, 0.2) is 0 Å². The van der Waals surface area contributed by atoms with Crippen molar-refractivity contribution in [3.63, 3.8) is 0 Å². The number of hydrogen-bond donors (Lipinski definition) is 2. The first-order chi connectivity index (χ1) is 21.5. The summed E-state index contributed by atoms with van der Waals surface area (Å²) >= 11 is 0. The van der Waals surface area contributed by atoms with E-state index in [0.29, 0.717) is 35.8 Å². The van der Waals surface area contributed by atoms with Crippen LogP contribution in [-0.4, -0.2) is 40.6 Å². The number of aromatic hydroxyl groups is 1. The Morgan fingerprint density at radius 1 is 0.830 bits per heavy atom. The predicted molar refractivity (Wildman–Crippen MR) is 186 cm³/mol. The van der Waals surface area contributed by atoms with E-state index in [4.69, 9.17) is 14.5 Å². The van der Waals surface area contributed by atoms with E-state index in [-0.39, 0.29) is 44.9 Å². The fraction of sp³-hybridized carbons (Fsp3) is 0.500. The van der Waals surface area contributed by atoms with E-state index in [2.05, 4.69) is 55.4 Å². The molecule has 1 atom stereocenters. The zero-order valence-electron chi connectivity index (χ0n) is 29.3. The van der Waals surface area contributed by atoms with Crippen LogP contribution in [0, 0.1) is 10.1 Å². The van der Waals surface area contributed by atoms with Crippen LogP contribution < -0.4 is 9.47 Å². The van der Waals surface area contributed by atoms with Crippen molar-refractivity contribution in [2.45, 2.75) is 110 Å². The minimum atomic E-state index is -1.77. The molecule has 0 spiro atoms. The van der Waals surface area contributed by atoms with E-state index in [1.54, 1.807) is 6.92 Å². The van der Waals surface area contributed by atoms with Gasteiger partial charge in [-0.05, 0) is 72.1 Å². The second kappa shape index (κ2) is 16.6. The molecule has 0 fully saturated rings. The average molecular weight is 696 g/mol. The molecule has 0 saturated carbocycles. The zero-order valence-corrected chi connectivity index (χ0v) is 30.3. The third-order valence-electron chi connectivity index (χ3n) is 8.29. The van der Waals surface area contributed by atoms with Crippen LogP contribution in [0.4, 0.5) is 5.69 Å². The molecule has 1 radical (unpaired) electrons. The number of nitro groups is 1. The summed E-state index contributed by atoms with van der Waals surface area (Å²) in [6.45, 7) is 19.7. The molecule has 0 aliphatic rings. The average Bonchev–Trinajstić information content (AvgIpc) is 2.99. The topological polar surface area (TPSA) is 114 Å². The number of phenolic OH excluding ortho intramolecular Hbond substituents is 1. The first-order valence-electron chi connectivity index (χ1n) is 16.3. The van der Waals surface area contributed by atoms with Crippen LogP contribution in [0.3, 0.4) is 0 Å². The van der Waals surface area contributed by atoms with E-state index in [9.17, 15) is 20.3 Å². The number of nitrogens with zero attached hydrogens (tertiary/aromatic N) is 2. The first-order valence-corrected chi connectivity index (χ1v) is 16.3. The minimum Gasteiger partial charge on any atom is -0.507 e. The Bertz CT molecular complexity index is 1450. The Morgan fingerprint density at radius 3 is 1.70 bits per heavy atom. The van der Waals surface area contributed by atoms with Crippen LogP contribution >= 0.6 is 0 Å². The van der Waals surface area contributed by atoms with Crippen LogP contribution in [0.2, 0.25) is 0 Å². The molecule has 3 aromatic carbocycles.